The van der Waals surface area contributed by atoms with Crippen molar-refractivity contribution in [2.24, 2.45) is 15.1 Å². The lowest BCUT2D eigenvalue weighted by Gasteiger charge is -2.23. The number of para-hydroxylation sites is 1. The molecule has 0 fully saturated rings. The lowest BCUT2D eigenvalue weighted by atomic mass is 10.2. The number of fused-ring (bicyclic) bond motifs is 1. The van der Waals surface area contributed by atoms with E-state index in [0.29, 0.717) is 17.5 Å². The molecule has 2 aromatic carbocycles. The van der Waals surface area contributed by atoms with Crippen LogP contribution in [0.1, 0.15) is 0 Å². The van der Waals surface area contributed by atoms with Crippen LogP contribution in [0.5, 0.6) is 11.5 Å². The van der Waals surface area contributed by atoms with Gasteiger partial charge in [0.05, 0.1) is 20.4 Å². The van der Waals surface area contributed by atoms with E-state index in [9.17, 15) is 0 Å². The molecule has 1 atom stereocenters. The highest BCUT2D eigenvalue weighted by atomic mass is 16.5. The zero-order chi connectivity index (χ0) is 18.0. The number of rotatable bonds is 4. The van der Waals surface area contributed by atoms with Gasteiger partial charge in [-0.2, -0.15) is 4.99 Å². The fourth-order valence-corrected chi connectivity index (χ4v) is 2.87. The van der Waals surface area contributed by atoms with Gasteiger partial charge in [0.2, 0.25) is 0 Å². The SMILES string of the molecule is COc1cc(NC2=N[N+]3(c4ccccc4)C=CN=CC3=N2)cc(OC)c1. The highest BCUT2D eigenvalue weighted by Crippen LogP contribution is 2.31. The first-order chi connectivity index (χ1) is 12.7. The molecule has 0 bridgehead atoms. The molecule has 1 unspecified atom stereocenters. The normalized spacial score (nSPS) is 20.2. The Balaban J connectivity index is 1.72. The monoisotopic (exact) mass is 348 g/mol. The number of quaternary nitrogens is 1. The maximum atomic E-state index is 5.31. The number of hydrogen-bond acceptors (Lipinski definition) is 6. The molecule has 0 aliphatic carbocycles. The van der Waals surface area contributed by atoms with Gasteiger partial charge in [0.1, 0.15) is 17.7 Å². The van der Waals surface area contributed by atoms with Crippen molar-refractivity contribution >= 4 is 29.4 Å². The molecule has 7 heteroatoms. The molecule has 0 saturated heterocycles. The molecule has 2 aromatic rings. The lowest BCUT2D eigenvalue weighted by molar-refractivity contribution is 0.395. The van der Waals surface area contributed by atoms with E-state index in [0.717, 1.165) is 17.2 Å². The first-order valence-electron chi connectivity index (χ1n) is 8.08. The predicted octanol–water partition coefficient (Wildman–Crippen LogP) is 3.36. The van der Waals surface area contributed by atoms with Crippen LogP contribution in [0.2, 0.25) is 0 Å². The summed E-state index contributed by atoms with van der Waals surface area (Å²) in [6, 6.07) is 15.5. The molecule has 0 aromatic heterocycles. The van der Waals surface area contributed by atoms with E-state index in [-0.39, 0.29) is 4.59 Å². The molecule has 0 saturated carbocycles. The summed E-state index contributed by atoms with van der Waals surface area (Å²) in [4.78, 5) is 8.80. The van der Waals surface area contributed by atoms with E-state index in [1.54, 1.807) is 26.6 Å². The summed E-state index contributed by atoms with van der Waals surface area (Å²) in [5, 5.41) is 8.03. The van der Waals surface area contributed by atoms with Gasteiger partial charge in [-0.1, -0.05) is 22.8 Å². The Kier molecular flexibility index (Phi) is 3.98. The van der Waals surface area contributed by atoms with Crippen molar-refractivity contribution in [3.63, 3.8) is 0 Å². The van der Waals surface area contributed by atoms with Crippen molar-refractivity contribution in [3.05, 3.63) is 60.9 Å². The number of anilines is 1. The van der Waals surface area contributed by atoms with Crippen molar-refractivity contribution in [1.29, 1.82) is 0 Å². The second-order valence-electron chi connectivity index (χ2n) is 5.72. The van der Waals surface area contributed by atoms with Crippen LogP contribution in [-0.2, 0) is 0 Å². The summed E-state index contributed by atoms with van der Waals surface area (Å²) in [7, 11) is 3.23. The quantitative estimate of drug-likeness (QED) is 0.862. The highest BCUT2D eigenvalue weighted by Gasteiger charge is 2.42. The molecule has 1 N–H and O–H groups in total. The lowest BCUT2D eigenvalue weighted by Crippen LogP contribution is -2.44. The summed E-state index contributed by atoms with van der Waals surface area (Å²) in [6.45, 7) is 0. The van der Waals surface area contributed by atoms with E-state index in [1.165, 1.54) is 0 Å². The van der Waals surface area contributed by atoms with Gasteiger partial charge in [-0.15, -0.1) is 0 Å². The number of nitrogens with zero attached hydrogens (tertiary/aromatic N) is 4. The van der Waals surface area contributed by atoms with Crippen LogP contribution in [0.4, 0.5) is 11.4 Å². The molecule has 0 spiro atoms. The fourth-order valence-electron chi connectivity index (χ4n) is 2.87. The van der Waals surface area contributed by atoms with Crippen LogP contribution in [-0.4, -0.2) is 32.2 Å². The first kappa shape index (κ1) is 16.0. The third-order valence-electron chi connectivity index (χ3n) is 4.14. The summed E-state index contributed by atoms with van der Waals surface area (Å²) in [5.41, 5.74) is 1.75. The zero-order valence-electron chi connectivity index (χ0n) is 14.5. The third-order valence-corrected chi connectivity index (χ3v) is 4.14. The predicted molar refractivity (Wildman–Crippen MR) is 104 cm³/mol. The highest BCUT2D eigenvalue weighted by molar-refractivity contribution is 6.38. The van der Waals surface area contributed by atoms with Crippen LogP contribution in [0, 0.1) is 0 Å². The molecule has 130 valence electrons. The van der Waals surface area contributed by atoms with Gasteiger partial charge >= 0.3 is 0 Å². The standard InChI is InChI=1S/C19H18N5O2/c1-25-16-10-14(11-17(12-16)26-2)21-19-22-18-13-20-8-9-24(18,23-19)15-6-4-3-5-7-15/h3-13H,1-2H3,(H,21,23)/q+1. The van der Waals surface area contributed by atoms with Gasteiger partial charge in [-0.3, -0.25) is 4.99 Å². The summed E-state index contributed by atoms with van der Waals surface area (Å²) < 4.78 is 10.8. The van der Waals surface area contributed by atoms with Crippen molar-refractivity contribution < 1.29 is 9.47 Å². The number of amidine groups is 1. The van der Waals surface area contributed by atoms with E-state index >= 15 is 0 Å². The van der Waals surface area contributed by atoms with Gasteiger partial charge in [0.25, 0.3) is 11.8 Å². The second kappa shape index (κ2) is 6.45. The number of guanidine groups is 1. The van der Waals surface area contributed by atoms with Crippen LogP contribution in [0.3, 0.4) is 0 Å². The molecule has 0 amide bonds. The Bertz CT molecular complexity index is 927. The number of methoxy groups -OCH3 is 2. The first-order valence-corrected chi connectivity index (χ1v) is 8.08. The van der Waals surface area contributed by atoms with E-state index in [4.69, 9.17) is 14.6 Å². The number of benzene rings is 2. The van der Waals surface area contributed by atoms with E-state index < -0.39 is 0 Å². The number of aliphatic imine (C=N–C) groups is 2. The molecule has 2 aliphatic rings. The molecule has 26 heavy (non-hydrogen) atoms. The van der Waals surface area contributed by atoms with Crippen LogP contribution in [0.25, 0.3) is 0 Å². The molecule has 4 rings (SSSR count). The number of ether oxygens (including phenoxy) is 2. The molecule has 7 nitrogen and oxygen atoms in total. The largest absolute Gasteiger partial charge is 0.497 e. The average Bonchev–Trinajstić information content (AvgIpc) is 3.07. The second-order valence-corrected chi connectivity index (χ2v) is 5.72. The molecule has 0 radical (unpaired) electrons. The summed E-state index contributed by atoms with van der Waals surface area (Å²) in [5.74, 6) is 2.57. The van der Waals surface area contributed by atoms with Gasteiger partial charge in [-0.05, 0) is 5.10 Å². The van der Waals surface area contributed by atoms with Crippen LogP contribution < -0.4 is 19.4 Å². The minimum absolute atomic E-state index is 0.147. The van der Waals surface area contributed by atoms with Gasteiger partial charge in [-0.25, -0.2) is 0 Å². The Morgan fingerprint density at radius 1 is 0.962 bits per heavy atom. The topological polar surface area (TPSA) is 67.6 Å². The van der Waals surface area contributed by atoms with Crippen LogP contribution >= 0.6 is 0 Å². The Morgan fingerprint density at radius 2 is 1.69 bits per heavy atom. The maximum absolute atomic E-state index is 5.31. The third kappa shape index (κ3) is 2.74. The van der Waals surface area contributed by atoms with Crippen molar-refractivity contribution in [2.75, 3.05) is 19.5 Å². The minimum atomic E-state index is 0.147. The molecular formula is C19H18N5O2+. The van der Waals surface area contributed by atoms with Crippen molar-refractivity contribution in [3.8, 4) is 11.5 Å². The number of hydrogen-bond donors (Lipinski definition) is 1. The maximum Gasteiger partial charge on any atom is 0.287 e. The van der Waals surface area contributed by atoms with E-state index in [2.05, 4.69) is 15.3 Å². The number of nitrogens with one attached hydrogen (secondary N) is 1. The molecule has 2 heterocycles. The fraction of sp³-hybridized carbons (Fsp3) is 0.105. The minimum Gasteiger partial charge on any atom is -0.497 e. The summed E-state index contributed by atoms with van der Waals surface area (Å²) in [6.07, 6.45) is 5.35. The Hall–Kier alpha value is -3.45. The van der Waals surface area contributed by atoms with Crippen molar-refractivity contribution in [1.82, 2.24) is 4.59 Å². The summed E-state index contributed by atoms with van der Waals surface area (Å²) >= 11 is 0. The van der Waals surface area contributed by atoms with Crippen molar-refractivity contribution in [2.45, 2.75) is 0 Å². The van der Waals surface area contributed by atoms with E-state index in [1.807, 2.05) is 54.7 Å². The van der Waals surface area contributed by atoms with Crippen LogP contribution in [0.15, 0.2) is 76.0 Å². The smallest absolute Gasteiger partial charge is 0.287 e. The van der Waals surface area contributed by atoms with Gasteiger partial charge < -0.3 is 14.8 Å². The zero-order valence-corrected chi connectivity index (χ0v) is 14.5. The average molecular weight is 348 g/mol. The Labute approximate surface area is 151 Å². The Morgan fingerprint density at radius 3 is 2.38 bits per heavy atom. The van der Waals surface area contributed by atoms with Gasteiger partial charge in [0.15, 0.2) is 11.9 Å². The molecule has 2 aliphatic heterocycles. The van der Waals surface area contributed by atoms with Gasteiger partial charge in [0, 0.05) is 36.0 Å². The molecular weight excluding hydrogens is 330 g/mol.